The number of rotatable bonds is 3. The van der Waals surface area contributed by atoms with E-state index in [0.717, 1.165) is 10.9 Å². The fourth-order valence-corrected chi connectivity index (χ4v) is 2.15. The van der Waals surface area contributed by atoms with Crippen molar-refractivity contribution in [3.05, 3.63) is 66.0 Å². The van der Waals surface area contributed by atoms with Crippen molar-refractivity contribution in [2.45, 2.75) is 0 Å². The number of hydrogen-bond acceptors (Lipinski definition) is 4. The second kappa shape index (κ2) is 5.81. The van der Waals surface area contributed by atoms with E-state index in [1.807, 2.05) is 24.3 Å². The quantitative estimate of drug-likeness (QED) is 0.745. The topological polar surface area (TPSA) is 51.2 Å². The van der Waals surface area contributed by atoms with Crippen molar-refractivity contribution in [1.29, 1.82) is 0 Å². The van der Waals surface area contributed by atoms with E-state index in [2.05, 4.69) is 10.3 Å². The predicted octanol–water partition coefficient (Wildman–Crippen LogP) is 3.90. The van der Waals surface area contributed by atoms with Crippen molar-refractivity contribution in [3.8, 4) is 0 Å². The number of nitrogens with zero attached hydrogens (tertiary/aromatic N) is 1. The van der Waals surface area contributed by atoms with E-state index in [9.17, 15) is 9.18 Å². The average molecular weight is 296 g/mol. The van der Waals surface area contributed by atoms with Crippen molar-refractivity contribution in [2.24, 2.45) is 0 Å². The summed E-state index contributed by atoms with van der Waals surface area (Å²) in [6, 6.07) is 15.0. The molecule has 0 spiro atoms. The van der Waals surface area contributed by atoms with Gasteiger partial charge in [0.1, 0.15) is 17.2 Å². The third-order valence-corrected chi connectivity index (χ3v) is 3.24. The van der Waals surface area contributed by atoms with Gasteiger partial charge in [0.15, 0.2) is 0 Å². The number of para-hydroxylation sites is 1. The summed E-state index contributed by atoms with van der Waals surface area (Å²) in [7, 11) is 1.32. The van der Waals surface area contributed by atoms with Crippen LogP contribution in [0, 0.1) is 5.82 Å². The fraction of sp³-hybridized carbons (Fsp3) is 0.0588. The Hall–Kier alpha value is -2.95. The molecule has 0 amide bonds. The van der Waals surface area contributed by atoms with Crippen LogP contribution in [0.5, 0.6) is 0 Å². The molecule has 4 nitrogen and oxygen atoms in total. The van der Waals surface area contributed by atoms with Crippen LogP contribution in [-0.4, -0.2) is 18.1 Å². The van der Waals surface area contributed by atoms with Gasteiger partial charge in [-0.1, -0.05) is 18.2 Å². The van der Waals surface area contributed by atoms with Crippen LogP contribution in [0.25, 0.3) is 10.9 Å². The molecule has 5 heteroatoms. The molecule has 0 radical (unpaired) electrons. The number of fused-ring (bicyclic) bond motifs is 1. The first-order valence-electron chi connectivity index (χ1n) is 6.68. The van der Waals surface area contributed by atoms with E-state index in [-0.39, 0.29) is 5.82 Å². The van der Waals surface area contributed by atoms with E-state index in [4.69, 9.17) is 4.74 Å². The number of anilines is 2. The number of carbonyl (C=O) groups is 1. The summed E-state index contributed by atoms with van der Waals surface area (Å²) < 4.78 is 17.8. The lowest BCUT2D eigenvalue weighted by Crippen LogP contribution is -2.07. The number of hydrogen-bond donors (Lipinski definition) is 1. The molecular weight excluding hydrogens is 283 g/mol. The molecule has 0 saturated carbocycles. The van der Waals surface area contributed by atoms with Gasteiger partial charge in [-0.25, -0.2) is 14.2 Å². The number of benzene rings is 2. The standard InChI is InChI=1S/C17H13FN2O2/c1-22-17(21)14-10-11-4-2-3-5-15(11)20-16(14)19-13-8-6-12(18)7-9-13/h2-10H,1H3,(H,19,20). The molecule has 3 rings (SSSR count). The van der Waals surface area contributed by atoms with Gasteiger partial charge in [-0.05, 0) is 36.4 Å². The molecule has 1 aromatic heterocycles. The minimum absolute atomic E-state index is 0.325. The van der Waals surface area contributed by atoms with Gasteiger partial charge in [0.05, 0.1) is 12.6 Å². The maximum absolute atomic E-state index is 13.0. The Morgan fingerprint density at radius 2 is 1.86 bits per heavy atom. The highest BCUT2D eigenvalue weighted by Gasteiger charge is 2.15. The van der Waals surface area contributed by atoms with Crippen molar-refractivity contribution >= 4 is 28.4 Å². The lowest BCUT2D eigenvalue weighted by molar-refractivity contribution is 0.0601. The number of nitrogens with one attached hydrogen (secondary N) is 1. The molecule has 1 N–H and O–H groups in total. The summed E-state index contributed by atoms with van der Waals surface area (Å²) in [4.78, 5) is 16.4. The first-order chi connectivity index (χ1) is 10.7. The molecule has 3 aromatic rings. The van der Waals surface area contributed by atoms with Crippen LogP contribution >= 0.6 is 0 Å². The Labute approximate surface area is 126 Å². The molecule has 2 aromatic carbocycles. The number of carbonyl (C=O) groups excluding carboxylic acids is 1. The number of pyridine rings is 1. The van der Waals surface area contributed by atoms with Crippen LogP contribution < -0.4 is 5.32 Å². The normalized spacial score (nSPS) is 10.5. The zero-order chi connectivity index (χ0) is 15.5. The summed E-state index contributed by atoms with van der Waals surface area (Å²) in [5.41, 5.74) is 1.71. The Bertz CT molecular complexity index is 832. The number of ether oxygens (including phenoxy) is 1. The van der Waals surface area contributed by atoms with Gasteiger partial charge < -0.3 is 10.1 Å². The number of esters is 1. The minimum atomic E-state index is -0.483. The second-order valence-corrected chi connectivity index (χ2v) is 4.70. The van der Waals surface area contributed by atoms with Crippen molar-refractivity contribution in [3.63, 3.8) is 0 Å². The maximum atomic E-state index is 13.0. The number of halogens is 1. The lowest BCUT2D eigenvalue weighted by Gasteiger charge is -2.11. The molecule has 0 aliphatic carbocycles. The minimum Gasteiger partial charge on any atom is -0.465 e. The molecule has 22 heavy (non-hydrogen) atoms. The highest BCUT2D eigenvalue weighted by Crippen LogP contribution is 2.24. The van der Waals surface area contributed by atoms with Gasteiger partial charge >= 0.3 is 5.97 Å². The molecule has 0 unspecified atom stereocenters. The van der Waals surface area contributed by atoms with Crippen LogP contribution in [-0.2, 0) is 4.74 Å². The van der Waals surface area contributed by atoms with Crippen LogP contribution in [0.2, 0.25) is 0 Å². The Balaban J connectivity index is 2.09. The molecule has 0 bridgehead atoms. The monoisotopic (exact) mass is 296 g/mol. The molecule has 0 saturated heterocycles. The van der Waals surface area contributed by atoms with Gasteiger partial charge in [0.2, 0.25) is 0 Å². The van der Waals surface area contributed by atoms with E-state index < -0.39 is 5.97 Å². The van der Waals surface area contributed by atoms with Crippen LogP contribution in [0.15, 0.2) is 54.6 Å². The summed E-state index contributed by atoms with van der Waals surface area (Å²) in [6.45, 7) is 0. The van der Waals surface area contributed by atoms with E-state index in [0.29, 0.717) is 17.1 Å². The molecule has 0 aliphatic heterocycles. The Morgan fingerprint density at radius 3 is 2.59 bits per heavy atom. The van der Waals surface area contributed by atoms with Crippen LogP contribution in [0.3, 0.4) is 0 Å². The molecule has 0 aliphatic rings. The second-order valence-electron chi connectivity index (χ2n) is 4.70. The molecular formula is C17H13FN2O2. The van der Waals surface area contributed by atoms with Gasteiger partial charge in [-0.3, -0.25) is 0 Å². The summed E-state index contributed by atoms with van der Waals surface area (Å²) in [5.74, 6) is -0.440. The third-order valence-electron chi connectivity index (χ3n) is 3.24. The third kappa shape index (κ3) is 2.74. The van der Waals surface area contributed by atoms with Gasteiger partial charge in [-0.15, -0.1) is 0 Å². The average Bonchev–Trinajstić information content (AvgIpc) is 2.55. The molecule has 0 fully saturated rings. The molecule has 0 atom stereocenters. The predicted molar refractivity (Wildman–Crippen MR) is 82.8 cm³/mol. The largest absolute Gasteiger partial charge is 0.465 e. The first-order valence-corrected chi connectivity index (χ1v) is 6.68. The number of methoxy groups -OCH3 is 1. The SMILES string of the molecule is COC(=O)c1cc2ccccc2nc1Nc1ccc(F)cc1. The first kappa shape index (κ1) is 14.0. The van der Waals surface area contributed by atoms with Crippen molar-refractivity contribution in [2.75, 3.05) is 12.4 Å². The van der Waals surface area contributed by atoms with Crippen LogP contribution in [0.4, 0.5) is 15.9 Å². The van der Waals surface area contributed by atoms with E-state index in [1.165, 1.54) is 19.2 Å². The Morgan fingerprint density at radius 1 is 1.14 bits per heavy atom. The van der Waals surface area contributed by atoms with Gasteiger partial charge in [0, 0.05) is 11.1 Å². The van der Waals surface area contributed by atoms with Crippen molar-refractivity contribution in [1.82, 2.24) is 4.98 Å². The van der Waals surface area contributed by atoms with E-state index >= 15 is 0 Å². The number of aromatic nitrogens is 1. The molecule has 1 heterocycles. The van der Waals surface area contributed by atoms with E-state index in [1.54, 1.807) is 18.2 Å². The van der Waals surface area contributed by atoms with Gasteiger partial charge in [-0.2, -0.15) is 0 Å². The lowest BCUT2D eigenvalue weighted by atomic mass is 10.1. The zero-order valence-corrected chi connectivity index (χ0v) is 11.8. The summed E-state index contributed by atoms with van der Waals surface area (Å²) in [5, 5.41) is 3.87. The smallest absolute Gasteiger partial charge is 0.341 e. The Kier molecular flexibility index (Phi) is 3.70. The fourth-order valence-electron chi connectivity index (χ4n) is 2.15. The maximum Gasteiger partial charge on any atom is 0.341 e. The highest BCUT2D eigenvalue weighted by molar-refractivity contribution is 5.99. The molecule has 110 valence electrons. The van der Waals surface area contributed by atoms with Crippen molar-refractivity contribution < 1.29 is 13.9 Å². The summed E-state index contributed by atoms with van der Waals surface area (Å²) >= 11 is 0. The zero-order valence-electron chi connectivity index (χ0n) is 11.8. The van der Waals surface area contributed by atoms with Crippen LogP contribution in [0.1, 0.15) is 10.4 Å². The van der Waals surface area contributed by atoms with Gasteiger partial charge in [0.25, 0.3) is 0 Å². The summed E-state index contributed by atoms with van der Waals surface area (Å²) in [6.07, 6.45) is 0. The highest BCUT2D eigenvalue weighted by atomic mass is 19.1.